The fourth-order valence-corrected chi connectivity index (χ4v) is 3.09. The Morgan fingerprint density at radius 1 is 1.32 bits per heavy atom. The molecule has 0 bridgehead atoms. The predicted octanol–water partition coefficient (Wildman–Crippen LogP) is 1.08. The molecule has 0 amide bonds. The second-order valence-corrected chi connectivity index (χ2v) is 6.12. The van der Waals surface area contributed by atoms with Crippen LogP contribution in [-0.4, -0.2) is 30.9 Å². The Labute approximate surface area is 115 Å². The van der Waals surface area contributed by atoms with Gasteiger partial charge in [0.1, 0.15) is 4.90 Å². The number of aromatic nitrogens is 2. The zero-order valence-electron chi connectivity index (χ0n) is 12.0. The van der Waals surface area contributed by atoms with E-state index in [0.717, 1.165) is 0 Å². The van der Waals surface area contributed by atoms with E-state index in [9.17, 15) is 8.42 Å². The molecule has 1 rings (SSSR count). The zero-order valence-corrected chi connectivity index (χ0v) is 12.8. The van der Waals surface area contributed by atoms with Crippen molar-refractivity contribution in [2.75, 3.05) is 6.61 Å². The predicted molar refractivity (Wildman–Crippen MR) is 73.4 cm³/mol. The van der Waals surface area contributed by atoms with Gasteiger partial charge in [0.25, 0.3) is 0 Å². The number of aryl methyl sites for hydroxylation is 1. The van der Waals surface area contributed by atoms with E-state index in [-0.39, 0.29) is 11.0 Å². The molecule has 0 aromatic carbocycles. The monoisotopic (exact) mass is 289 g/mol. The third-order valence-corrected chi connectivity index (χ3v) is 3.83. The van der Waals surface area contributed by atoms with Gasteiger partial charge in [0.2, 0.25) is 10.0 Å². The molecule has 1 aromatic heterocycles. The number of hydrogen-bond acceptors (Lipinski definition) is 4. The molecule has 110 valence electrons. The largest absolute Gasteiger partial charge is 0.377 e. The van der Waals surface area contributed by atoms with E-state index in [1.807, 2.05) is 27.7 Å². The highest BCUT2D eigenvalue weighted by molar-refractivity contribution is 7.89. The summed E-state index contributed by atoms with van der Waals surface area (Å²) in [4.78, 5) is 0.182. The Balaban J connectivity index is 3.09. The van der Waals surface area contributed by atoms with E-state index in [2.05, 4.69) is 5.10 Å². The van der Waals surface area contributed by atoms with Gasteiger partial charge in [-0.25, -0.2) is 13.6 Å². The van der Waals surface area contributed by atoms with E-state index >= 15 is 0 Å². The van der Waals surface area contributed by atoms with Crippen LogP contribution in [0.25, 0.3) is 0 Å². The maximum absolute atomic E-state index is 11.7. The van der Waals surface area contributed by atoms with Gasteiger partial charge in [0.05, 0.1) is 30.6 Å². The summed E-state index contributed by atoms with van der Waals surface area (Å²) in [7, 11) is -3.73. The summed E-state index contributed by atoms with van der Waals surface area (Å²) in [5.74, 6) is 0. The standard InChI is InChI=1S/C12H23N3O3S/c1-5-10-12(19(13,16)17)11(6-2)15(14-10)7-8-18-9(3)4/h9H,5-8H2,1-4H3,(H2,13,16,17). The van der Waals surface area contributed by atoms with Gasteiger partial charge in [-0.2, -0.15) is 5.10 Å². The van der Waals surface area contributed by atoms with E-state index in [1.165, 1.54) is 0 Å². The molecule has 7 heteroatoms. The minimum absolute atomic E-state index is 0.143. The highest BCUT2D eigenvalue weighted by Crippen LogP contribution is 2.20. The molecule has 0 saturated carbocycles. The Morgan fingerprint density at radius 3 is 2.37 bits per heavy atom. The first-order chi connectivity index (χ1) is 8.81. The molecule has 1 heterocycles. The second-order valence-electron chi connectivity index (χ2n) is 4.62. The summed E-state index contributed by atoms with van der Waals surface area (Å²) < 4.78 is 30.5. The van der Waals surface area contributed by atoms with Gasteiger partial charge in [-0.1, -0.05) is 13.8 Å². The number of nitrogens with two attached hydrogens (primary N) is 1. The highest BCUT2D eigenvalue weighted by atomic mass is 32.2. The van der Waals surface area contributed by atoms with Crippen molar-refractivity contribution in [2.24, 2.45) is 5.14 Å². The van der Waals surface area contributed by atoms with Gasteiger partial charge < -0.3 is 4.74 Å². The minimum atomic E-state index is -3.73. The van der Waals surface area contributed by atoms with Crippen molar-refractivity contribution < 1.29 is 13.2 Å². The first-order valence-corrected chi connectivity index (χ1v) is 8.08. The average Bonchev–Trinajstić information content (AvgIpc) is 2.66. The molecule has 0 aliphatic rings. The van der Waals surface area contributed by atoms with Crippen LogP contribution in [0, 0.1) is 0 Å². The zero-order chi connectivity index (χ0) is 14.6. The highest BCUT2D eigenvalue weighted by Gasteiger charge is 2.23. The van der Waals surface area contributed by atoms with E-state index < -0.39 is 10.0 Å². The first kappa shape index (κ1) is 16.1. The van der Waals surface area contributed by atoms with Crippen LogP contribution in [0.1, 0.15) is 39.1 Å². The molecule has 0 aliphatic carbocycles. The molecular formula is C12H23N3O3S. The Bertz CT molecular complexity index is 521. The Hall–Kier alpha value is -0.920. The van der Waals surface area contributed by atoms with Crippen molar-refractivity contribution >= 4 is 10.0 Å². The van der Waals surface area contributed by atoms with Gasteiger partial charge in [-0.05, 0) is 26.7 Å². The maximum Gasteiger partial charge on any atom is 0.241 e. The summed E-state index contributed by atoms with van der Waals surface area (Å²) >= 11 is 0. The minimum Gasteiger partial charge on any atom is -0.377 e. The maximum atomic E-state index is 11.7. The van der Waals surface area contributed by atoms with Gasteiger partial charge in [0, 0.05) is 0 Å². The number of rotatable bonds is 7. The van der Waals surface area contributed by atoms with Crippen LogP contribution in [0.4, 0.5) is 0 Å². The van der Waals surface area contributed by atoms with Crippen LogP contribution >= 0.6 is 0 Å². The Kier molecular flexibility index (Phi) is 5.51. The van der Waals surface area contributed by atoms with Crippen LogP contribution in [-0.2, 0) is 34.1 Å². The van der Waals surface area contributed by atoms with Crippen LogP contribution in [0.3, 0.4) is 0 Å². The van der Waals surface area contributed by atoms with Crippen LogP contribution in [0.15, 0.2) is 4.90 Å². The first-order valence-electron chi connectivity index (χ1n) is 6.54. The molecule has 0 radical (unpaired) electrons. The van der Waals surface area contributed by atoms with Crippen LogP contribution in [0.2, 0.25) is 0 Å². The van der Waals surface area contributed by atoms with Crippen LogP contribution in [0.5, 0.6) is 0 Å². The van der Waals surface area contributed by atoms with Crippen molar-refractivity contribution in [2.45, 2.75) is 58.1 Å². The number of ether oxygens (including phenoxy) is 1. The lowest BCUT2D eigenvalue weighted by Gasteiger charge is -2.09. The summed E-state index contributed by atoms with van der Waals surface area (Å²) in [5.41, 5.74) is 1.19. The summed E-state index contributed by atoms with van der Waals surface area (Å²) in [6.45, 7) is 8.70. The number of sulfonamides is 1. The van der Waals surface area contributed by atoms with Crippen molar-refractivity contribution in [1.82, 2.24) is 9.78 Å². The van der Waals surface area contributed by atoms with Crippen molar-refractivity contribution in [1.29, 1.82) is 0 Å². The molecule has 0 aliphatic heterocycles. The second kappa shape index (κ2) is 6.49. The van der Waals surface area contributed by atoms with E-state index in [1.54, 1.807) is 4.68 Å². The molecule has 19 heavy (non-hydrogen) atoms. The van der Waals surface area contributed by atoms with Gasteiger partial charge >= 0.3 is 0 Å². The molecule has 0 saturated heterocycles. The summed E-state index contributed by atoms with van der Waals surface area (Å²) in [6, 6.07) is 0. The lowest BCUT2D eigenvalue weighted by molar-refractivity contribution is 0.0704. The SMILES string of the molecule is CCc1nn(CCOC(C)C)c(CC)c1S(N)(=O)=O. The molecule has 0 atom stereocenters. The average molecular weight is 289 g/mol. The lowest BCUT2D eigenvalue weighted by atomic mass is 10.2. The van der Waals surface area contributed by atoms with E-state index in [0.29, 0.717) is 37.4 Å². The molecule has 6 nitrogen and oxygen atoms in total. The normalized spacial score (nSPS) is 12.3. The molecular weight excluding hydrogens is 266 g/mol. The van der Waals surface area contributed by atoms with Gasteiger partial charge in [0.15, 0.2) is 0 Å². The molecule has 0 fully saturated rings. The van der Waals surface area contributed by atoms with Crippen molar-refractivity contribution in [3.05, 3.63) is 11.4 Å². The van der Waals surface area contributed by atoms with Crippen molar-refractivity contribution in [3.63, 3.8) is 0 Å². The third kappa shape index (κ3) is 4.02. The topological polar surface area (TPSA) is 87.2 Å². The fourth-order valence-electron chi connectivity index (χ4n) is 2.00. The Morgan fingerprint density at radius 2 is 1.95 bits per heavy atom. The van der Waals surface area contributed by atoms with E-state index in [4.69, 9.17) is 9.88 Å². The molecule has 0 spiro atoms. The summed E-state index contributed by atoms with van der Waals surface area (Å²) in [5, 5.41) is 9.63. The number of nitrogens with zero attached hydrogens (tertiary/aromatic N) is 2. The molecule has 0 unspecified atom stereocenters. The quantitative estimate of drug-likeness (QED) is 0.813. The number of hydrogen-bond donors (Lipinski definition) is 1. The lowest BCUT2D eigenvalue weighted by Crippen LogP contribution is -2.17. The molecule has 2 N–H and O–H groups in total. The smallest absolute Gasteiger partial charge is 0.241 e. The van der Waals surface area contributed by atoms with Crippen molar-refractivity contribution in [3.8, 4) is 0 Å². The third-order valence-electron chi connectivity index (χ3n) is 2.79. The fraction of sp³-hybridized carbons (Fsp3) is 0.750. The van der Waals surface area contributed by atoms with Crippen LogP contribution < -0.4 is 5.14 Å². The number of primary sulfonamides is 1. The molecule has 1 aromatic rings. The van der Waals surface area contributed by atoms with Gasteiger partial charge in [-0.15, -0.1) is 0 Å². The van der Waals surface area contributed by atoms with Gasteiger partial charge in [-0.3, -0.25) is 4.68 Å². The summed E-state index contributed by atoms with van der Waals surface area (Å²) in [6.07, 6.45) is 1.25.